The minimum atomic E-state index is -0.128. The van der Waals surface area contributed by atoms with Gasteiger partial charge in [0.05, 0.1) is 5.69 Å². The van der Waals surface area contributed by atoms with Gasteiger partial charge in [-0.1, -0.05) is 18.2 Å². The van der Waals surface area contributed by atoms with E-state index in [9.17, 15) is 9.59 Å². The third-order valence-electron chi connectivity index (χ3n) is 3.99. The van der Waals surface area contributed by atoms with Crippen LogP contribution < -0.4 is 10.6 Å². The van der Waals surface area contributed by atoms with Crippen LogP contribution in [0.3, 0.4) is 0 Å². The van der Waals surface area contributed by atoms with Gasteiger partial charge in [-0.3, -0.25) is 10.1 Å². The predicted octanol–water partition coefficient (Wildman–Crippen LogP) is 2.88. The third kappa shape index (κ3) is 4.11. The number of nitrogens with zero attached hydrogens (tertiary/aromatic N) is 2. The molecule has 24 heavy (non-hydrogen) atoms. The van der Waals surface area contributed by atoms with E-state index in [1.54, 1.807) is 17.0 Å². The number of anilines is 1. The number of urea groups is 1. The van der Waals surface area contributed by atoms with Gasteiger partial charge in [-0.2, -0.15) is 0 Å². The Balaban J connectivity index is 1.47. The lowest BCUT2D eigenvalue weighted by Crippen LogP contribution is -2.47. The van der Waals surface area contributed by atoms with Crippen LogP contribution in [-0.4, -0.2) is 41.0 Å². The summed E-state index contributed by atoms with van der Waals surface area (Å²) >= 11 is 1.42. The Hall–Kier alpha value is -2.41. The lowest BCUT2D eigenvalue weighted by Gasteiger charge is -2.32. The van der Waals surface area contributed by atoms with E-state index < -0.39 is 0 Å². The molecule has 1 aromatic carbocycles. The molecule has 1 aromatic heterocycles. The Morgan fingerprint density at radius 3 is 2.54 bits per heavy atom. The highest BCUT2D eigenvalue weighted by atomic mass is 32.1. The van der Waals surface area contributed by atoms with E-state index in [1.165, 1.54) is 11.3 Å². The first-order valence-electron chi connectivity index (χ1n) is 7.96. The summed E-state index contributed by atoms with van der Waals surface area (Å²) in [5.41, 5.74) is 1.56. The maximum absolute atomic E-state index is 12.2. The molecule has 0 spiro atoms. The zero-order valence-electron chi connectivity index (χ0n) is 13.5. The highest BCUT2D eigenvalue weighted by Gasteiger charge is 2.24. The lowest BCUT2D eigenvalue weighted by molar-refractivity contribution is 0.0919. The molecular weight excluding hydrogens is 324 g/mol. The second-order valence-corrected chi connectivity index (χ2v) is 6.68. The number of nitrogens with one attached hydrogen (secondary N) is 2. The molecule has 7 heteroatoms. The number of piperidine rings is 1. The first kappa shape index (κ1) is 16.4. The molecule has 3 rings (SSSR count). The molecule has 2 heterocycles. The summed E-state index contributed by atoms with van der Waals surface area (Å²) in [7, 11) is 0. The lowest BCUT2D eigenvalue weighted by atomic mass is 10.0. The number of aryl methyl sites for hydroxylation is 1. The normalized spacial score (nSPS) is 15.1. The fraction of sp³-hybridized carbons (Fsp3) is 0.353. The molecule has 1 saturated heterocycles. The van der Waals surface area contributed by atoms with Gasteiger partial charge in [-0.15, -0.1) is 11.3 Å². The van der Waals surface area contributed by atoms with E-state index >= 15 is 0 Å². The molecule has 0 aliphatic carbocycles. The number of thiazole rings is 1. The van der Waals surface area contributed by atoms with Crippen LogP contribution in [0.25, 0.3) is 0 Å². The van der Waals surface area contributed by atoms with Gasteiger partial charge in [-0.05, 0) is 31.9 Å². The van der Waals surface area contributed by atoms with Gasteiger partial charge in [0.15, 0.2) is 5.13 Å². The van der Waals surface area contributed by atoms with E-state index in [-0.39, 0.29) is 18.0 Å². The molecule has 2 aromatic rings. The predicted molar refractivity (Wildman–Crippen MR) is 94.4 cm³/mol. The Morgan fingerprint density at radius 1 is 1.21 bits per heavy atom. The van der Waals surface area contributed by atoms with Crippen LogP contribution in [0.15, 0.2) is 35.7 Å². The maximum Gasteiger partial charge on any atom is 0.323 e. The Morgan fingerprint density at radius 2 is 1.92 bits per heavy atom. The summed E-state index contributed by atoms with van der Waals surface area (Å²) < 4.78 is 0. The zero-order valence-corrected chi connectivity index (χ0v) is 14.3. The van der Waals surface area contributed by atoms with Crippen LogP contribution in [-0.2, 0) is 0 Å². The number of carbonyl (C=O) groups excluding carboxylic acids is 2. The Labute approximate surface area is 144 Å². The van der Waals surface area contributed by atoms with Gasteiger partial charge in [0.2, 0.25) is 0 Å². The van der Waals surface area contributed by atoms with Crippen LogP contribution in [0.5, 0.6) is 0 Å². The standard InChI is InChI=1S/C17H20N4O2S/c1-12-11-24-16(18-12)20-17(23)21-9-7-14(8-10-21)19-15(22)13-5-3-2-4-6-13/h2-6,11,14H,7-10H2,1H3,(H,19,22)(H,18,20,23). The largest absolute Gasteiger partial charge is 0.349 e. The van der Waals surface area contributed by atoms with E-state index in [4.69, 9.17) is 0 Å². The van der Waals surface area contributed by atoms with Crippen molar-refractivity contribution in [1.29, 1.82) is 0 Å². The molecule has 0 saturated carbocycles. The molecule has 3 amide bonds. The first-order chi connectivity index (χ1) is 11.6. The maximum atomic E-state index is 12.2. The minimum Gasteiger partial charge on any atom is -0.349 e. The summed E-state index contributed by atoms with van der Waals surface area (Å²) in [6.45, 7) is 3.14. The van der Waals surface area contributed by atoms with Gasteiger partial charge in [0, 0.05) is 30.1 Å². The van der Waals surface area contributed by atoms with Crippen molar-refractivity contribution in [1.82, 2.24) is 15.2 Å². The molecule has 0 atom stereocenters. The van der Waals surface area contributed by atoms with Crippen molar-refractivity contribution in [3.8, 4) is 0 Å². The number of hydrogen-bond donors (Lipinski definition) is 2. The fourth-order valence-electron chi connectivity index (χ4n) is 2.67. The number of rotatable bonds is 3. The summed E-state index contributed by atoms with van der Waals surface area (Å²) in [5.74, 6) is -0.0586. The van der Waals surface area contributed by atoms with Gasteiger partial charge < -0.3 is 10.2 Å². The van der Waals surface area contributed by atoms with E-state index in [0.717, 1.165) is 18.5 Å². The molecule has 0 unspecified atom stereocenters. The molecule has 0 bridgehead atoms. The SMILES string of the molecule is Cc1csc(NC(=O)N2CCC(NC(=O)c3ccccc3)CC2)n1. The van der Waals surface area contributed by atoms with Gasteiger partial charge >= 0.3 is 6.03 Å². The summed E-state index contributed by atoms with van der Waals surface area (Å²) in [6.07, 6.45) is 1.51. The van der Waals surface area contributed by atoms with E-state index in [1.807, 2.05) is 30.5 Å². The number of likely N-dealkylation sites (tertiary alicyclic amines) is 1. The average Bonchev–Trinajstić information content (AvgIpc) is 3.01. The Bertz CT molecular complexity index is 708. The number of benzene rings is 1. The van der Waals surface area contributed by atoms with Crippen molar-refractivity contribution < 1.29 is 9.59 Å². The molecule has 1 aliphatic heterocycles. The van der Waals surface area contributed by atoms with Crippen LogP contribution >= 0.6 is 11.3 Å². The van der Waals surface area contributed by atoms with Crippen LogP contribution in [0.1, 0.15) is 28.9 Å². The number of carbonyl (C=O) groups is 2. The van der Waals surface area contributed by atoms with E-state index in [2.05, 4.69) is 15.6 Å². The molecule has 1 aliphatic rings. The molecule has 1 fully saturated rings. The smallest absolute Gasteiger partial charge is 0.323 e. The van der Waals surface area contributed by atoms with Crippen molar-refractivity contribution in [3.63, 3.8) is 0 Å². The van der Waals surface area contributed by atoms with Gasteiger partial charge in [-0.25, -0.2) is 9.78 Å². The highest BCUT2D eigenvalue weighted by Crippen LogP contribution is 2.17. The second-order valence-electron chi connectivity index (χ2n) is 5.83. The second kappa shape index (κ2) is 7.44. The molecule has 6 nitrogen and oxygen atoms in total. The fourth-order valence-corrected chi connectivity index (χ4v) is 3.34. The average molecular weight is 344 g/mol. The minimum absolute atomic E-state index is 0.0586. The summed E-state index contributed by atoms with van der Waals surface area (Å²) in [4.78, 5) is 30.4. The van der Waals surface area contributed by atoms with Crippen molar-refractivity contribution in [2.24, 2.45) is 0 Å². The highest BCUT2D eigenvalue weighted by molar-refractivity contribution is 7.13. The van der Waals surface area contributed by atoms with Crippen LogP contribution in [0, 0.1) is 6.92 Å². The summed E-state index contributed by atoms with van der Waals surface area (Å²) in [5, 5.41) is 8.39. The van der Waals surface area contributed by atoms with Gasteiger partial charge in [0.1, 0.15) is 0 Å². The topological polar surface area (TPSA) is 74.3 Å². The van der Waals surface area contributed by atoms with Crippen molar-refractivity contribution >= 4 is 28.4 Å². The number of aromatic nitrogens is 1. The molecular formula is C17H20N4O2S. The molecule has 126 valence electrons. The van der Waals surface area contributed by atoms with Crippen molar-refractivity contribution in [2.75, 3.05) is 18.4 Å². The van der Waals surface area contributed by atoms with Crippen molar-refractivity contribution in [3.05, 3.63) is 47.0 Å². The summed E-state index contributed by atoms with van der Waals surface area (Å²) in [6, 6.07) is 9.16. The van der Waals surface area contributed by atoms with Gasteiger partial charge in [0.25, 0.3) is 5.91 Å². The quantitative estimate of drug-likeness (QED) is 0.899. The molecule has 2 N–H and O–H groups in total. The molecule has 0 radical (unpaired) electrons. The van der Waals surface area contributed by atoms with Crippen molar-refractivity contribution in [2.45, 2.75) is 25.8 Å². The first-order valence-corrected chi connectivity index (χ1v) is 8.84. The number of hydrogen-bond acceptors (Lipinski definition) is 4. The monoisotopic (exact) mass is 344 g/mol. The Kier molecular flexibility index (Phi) is 5.10. The zero-order chi connectivity index (χ0) is 16.9. The van der Waals surface area contributed by atoms with Crippen LogP contribution in [0.4, 0.5) is 9.93 Å². The van der Waals surface area contributed by atoms with E-state index in [0.29, 0.717) is 23.8 Å². The third-order valence-corrected chi connectivity index (χ3v) is 4.86. The number of amides is 3. The van der Waals surface area contributed by atoms with Crippen LogP contribution in [0.2, 0.25) is 0 Å².